The van der Waals surface area contributed by atoms with Gasteiger partial charge in [0.05, 0.1) is 12.5 Å². The number of benzene rings is 1. The summed E-state index contributed by atoms with van der Waals surface area (Å²) in [6, 6.07) is 6.35. The zero-order chi connectivity index (χ0) is 13.7. The highest BCUT2D eigenvalue weighted by Gasteiger charge is 2.13. The highest BCUT2D eigenvalue weighted by molar-refractivity contribution is 5.18. The molecule has 1 aromatic carbocycles. The Bertz CT molecular complexity index is 510. The van der Waals surface area contributed by atoms with E-state index in [4.69, 9.17) is 4.42 Å². The summed E-state index contributed by atoms with van der Waals surface area (Å²) in [7, 11) is 0. The van der Waals surface area contributed by atoms with Crippen LogP contribution in [0.15, 0.2) is 28.7 Å². The van der Waals surface area contributed by atoms with Gasteiger partial charge >= 0.3 is 0 Å². The first-order chi connectivity index (χ1) is 9.19. The van der Waals surface area contributed by atoms with E-state index in [1.807, 2.05) is 6.92 Å². The number of hydrogen-bond donors (Lipinski definition) is 1. The SMILES string of the molecule is CCCNC(C)c1nnc(Cc2ccc(F)cc2)o1. The second-order valence-corrected chi connectivity index (χ2v) is 4.51. The molecule has 0 spiro atoms. The first-order valence-corrected chi connectivity index (χ1v) is 6.49. The van der Waals surface area contributed by atoms with E-state index in [0.29, 0.717) is 18.2 Å². The van der Waals surface area contributed by atoms with Gasteiger partial charge in [0.15, 0.2) is 0 Å². The summed E-state index contributed by atoms with van der Waals surface area (Å²) in [6.07, 6.45) is 1.58. The standard InChI is InChI=1S/C14H18FN3O/c1-3-8-16-10(2)14-18-17-13(19-14)9-11-4-6-12(15)7-5-11/h4-7,10,16H,3,8-9H2,1-2H3. The first kappa shape index (κ1) is 13.7. The lowest BCUT2D eigenvalue weighted by molar-refractivity contribution is 0.397. The minimum Gasteiger partial charge on any atom is -0.423 e. The lowest BCUT2D eigenvalue weighted by Crippen LogP contribution is -2.19. The molecule has 2 rings (SSSR count). The number of halogens is 1. The molecule has 0 fully saturated rings. The van der Waals surface area contributed by atoms with Crippen LogP contribution in [0.1, 0.15) is 43.7 Å². The van der Waals surface area contributed by atoms with Crippen molar-refractivity contribution in [3.05, 3.63) is 47.4 Å². The molecule has 0 aliphatic carbocycles. The lowest BCUT2D eigenvalue weighted by Gasteiger charge is -2.07. The van der Waals surface area contributed by atoms with E-state index >= 15 is 0 Å². The Morgan fingerprint density at radius 1 is 1.26 bits per heavy atom. The zero-order valence-electron chi connectivity index (χ0n) is 11.2. The van der Waals surface area contributed by atoms with E-state index in [9.17, 15) is 4.39 Å². The van der Waals surface area contributed by atoms with Crippen molar-refractivity contribution in [1.29, 1.82) is 0 Å². The molecule has 19 heavy (non-hydrogen) atoms. The Balaban J connectivity index is 1.98. The molecule has 1 unspecified atom stereocenters. The van der Waals surface area contributed by atoms with Crippen LogP contribution in [-0.4, -0.2) is 16.7 Å². The summed E-state index contributed by atoms with van der Waals surface area (Å²) in [5, 5.41) is 11.3. The highest BCUT2D eigenvalue weighted by Crippen LogP contribution is 2.14. The van der Waals surface area contributed by atoms with Crippen molar-refractivity contribution in [1.82, 2.24) is 15.5 Å². The van der Waals surface area contributed by atoms with E-state index in [0.717, 1.165) is 18.5 Å². The van der Waals surface area contributed by atoms with E-state index in [1.165, 1.54) is 12.1 Å². The van der Waals surface area contributed by atoms with E-state index in [2.05, 4.69) is 22.4 Å². The van der Waals surface area contributed by atoms with Crippen molar-refractivity contribution >= 4 is 0 Å². The van der Waals surface area contributed by atoms with Crippen molar-refractivity contribution in [2.45, 2.75) is 32.7 Å². The summed E-state index contributed by atoms with van der Waals surface area (Å²) in [6.45, 7) is 5.01. The minimum absolute atomic E-state index is 0.0504. The van der Waals surface area contributed by atoms with Crippen molar-refractivity contribution < 1.29 is 8.81 Å². The third-order valence-corrected chi connectivity index (χ3v) is 2.82. The van der Waals surface area contributed by atoms with Crippen molar-refractivity contribution in [3.8, 4) is 0 Å². The second kappa shape index (κ2) is 6.43. The second-order valence-electron chi connectivity index (χ2n) is 4.51. The maximum atomic E-state index is 12.8. The average Bonchev–Trinajstić information content (AvgIpc) is 2.87. The summed E-state index contributed by atoms with van der Waals surface area (Å²) >= 11 is 0. The molecule has 0 bridgehead atoms. The zero-order valence-corrected chi connectivity index (χ0v) is 11.2. The van der Waals surface area contributed by atoms with Crippen molar-refractivity contribution in [2.24, 2.45) is 0 Å². The molecule has 1 atom stereocenters. The number of rotatable bonds is 6. The molecule has 1 aromatic heterocycles. The van der Waals surface area contributed by atoms with Crippen molar-refractivity contribution in [3.63, 3.8) is 0 Å². The van der Waals surface area contributed by atoms with Gasteiger partial charge in [-0.05, 0) is 37.6 Å². The van der Waals surface area contributed by atoms with Gasteiger partial charge in [-0.25, -0.2) is 4.39 Å². The van der Waals surface area contributed by atoms with Crippen LogP contribution in [0.5, 0.6) is 0 Å². The molecule has 0 saturated carbocycles. The van der Waals surface area contributed by atoms with Gasteiger partial charge in [0.2, 0.25) is 11.8 Å². The Labute approximate surface area is 112 Å². The Hall–Kier alpha value is -1.75. The molecular weight excluding hydrogens is 245 g/mol. The molecule has 2 aromatic rings. The van der Waals surface area contributed by atoms with Crippen molar-refractivity contribution in [2.75, 3.05) is 6.54 Å². The maximum Gasteiger partial charge on any atom is 0.233 e. The summed E-state index contributed by atoms with van der Waals surface area (Å²) in [5.41, 5.74) is 0.950. The van der Waals surface area contributed by atoms with Gasteiger partial charge in [-0.2, -0.15) is 0 Å². The summed E-state index contributed by atoms with van der Waals surface area (Å²) < 4.78 is 18.4. The molecule has 0 aliphatic heterocycles. The van der Waals surface area contributed by atoms with E-state index in [1.54, 1.807) is 12.1 Å². The molecule has 4 nitrogen and oxygen atoms in total. The van der Waals surface area contributed by atoms with Gasteiger partial charge in [-0.1, -0.05) is 19.1 Å². The molecule has 0 amide bonds. The monoisotopic (exact) mass is 263 g/mol. The fourth-order valence-corrected chi connectivity index (χ4v) is 1.74. The van der Waals surface area contributed by atoms with Gasteiger partial charge in [0.1, 0.15) is 5.82 Å². The maximum absolute atomic E-state index is 12.8. The van der Waals surface area contributed by atoms with Crippen LogP contribution in [0.3, 0.4) is 0 Å². The van der Waals surface area contributed by atoms with Crippen LogP contribution < -0.4 is 5.32 Å². The highest BCUT2D eigenvalue weighted by atomic mass is 19.1. The molecule has 102 valence electrons. The van der Waals surface area contributed by atoms with Crippen LogP contribution in [-0.2, 0) is 6.42 Å². The fraction of sp³-hybridized carbons (Fsp3) is 0.429. The van der Waals surface area contributed by atoms with E-state index < -0.39 is 0 Å². The predicted octanol–water partition coefficient (Wildman–Crippen LogP) is 2.86. The van der Waals surface area contributed by atoms with Crippen LogP contribution >= 0.6 is 0 Å². The molecule has 0 radical (unpaired) electrons. The third kappa shape index (κ3) is 3.86. The van der Waals surface area contributed by atoms with Crippen LogP contribution in [0.2, 0.25) is 0 Å². The van der Waals surface area contributed by atoms with Gasteiger partial charge in [-0.15, -0.1) is 10.2 Å². The van der Waals surface area contributed by atoms with E-state index in [-0.39, 0.29) is 11.9 Å². The average molecular weight is 263 g/mol. The largest absolute Gasteiger partial charge is 0.423 e. The Morgan fingerprint density at radius 2 is 2.00 bits per heavy atom. The van der Waals surface area contributed by atoms with Gasteiger partial charge in [0.25, 0.3) is 0 Å². The number of nitrogens with zero attached hydrogens (tertiary/aromatic N) is 2. The van der Waals surface area contributed by atoms with Crippen LogP contribution in [0.25, 0.3) is 0 Å². The third-order valence-electron chi connectivity index (χ3n) is 2.82. The molecule has 0 aliphatic rings. The smallest absolute Gasteiger partial charge is 0.233 e. The summed E-state index contributed by atoms with van der Waals surface area (Å²) in [4.78, 5) is 0. The number of hydrogen-bond acceptors (Lipinski definition) is 4. The molecule has 0 saturated heterocycles. The number of aromatic nitrogens is 2. The quantitative estimate of drug-likeness (QED) is 0.870. The fourth-order valence-electron chi connectivity index (χ4n) is 1.74. The van der Waals surface area contributed by atoms with Gasteiger partial charge < -0.3 is 9.73 Å². The Morgan fingerprint density at radius 3 is 2.68 bits per heavy atom. The molecule has 5 heteroatoms. The predicted molar refractivity (Wildman–Crippen MR) is 70.2 cm³/mol. The minimum atomic E-state index is -0.243. The number of nitrogens with one attached hydrogen (secondary N) is 1. The lowest BCUT2D eigenvalue weighted by atomic mass is 10.1. The summed E-state index contributed by atoms with van der Waals surface area (Å²) in [5.74, 6) is 0.893. The molecular formula is C14H18FN3O. The van der Waals surface area contributed by atoms with Gasteiger partial charge in [0, 0.05) is 0 Å². The molecule has 1 heterocycles. The normalized spacial score (nSPS) is 12.6. The van der Waals surface area contributed by atoms with Crippen LogP contribution in [0, 0.1) is 5.82 Å². The Kier molecular flexibility index (Phi) is 4.63. The topological polar surface area (TPSA) is 51.0 Å². The van der Waals surface area contributed by atoms with Crippen LogP contribution in [0.4, 0.5) is 4.39 Å². The first-order valence-electron chi connectivity index (χ1n) is 6.49. The molecule has 1 N–H and O–H groups in total. The van der Waals surface area contributed by atoms with Gasteiger partial charge in [-0.3, -0.25) is 0 Å².